The molecule has 0 unspecified atom stereocenters. The van der Waals surface area contributed by atoms with Crippen molar-refractivity contribution in [2.45, 2.75) is 203 Å². The molecule has 20 heterocycles. The van der Waals surface area contributed by atoms with Crippen LogP contribution in [0.3, 0.4) is 0 Å². The van der Waals surface area contributed by atoms with E-state index >= 15 is 0 Å². The van der Waals surface area contributed by atoms with Crippen molar-refractivity contribution in [3.63, 3.8) is 0 Å². The zero-order chi connectivity index (χ0) is 83.6. The van der Waals surface area contributed by atoms with E-state index in [1.165, 1.54) is 39.4 Å². The molecule has 0 aliphatic carbocycles. The van der Waals surface area contributed by atoms with E-state index in [0.29, 0.717) is 5.82 Å². The summed E-state index contributed by atoms with van der Waals surface area (Å²) in [6.07, 6.45) is 55.4. The van der Waals surface area contributed by atoms with Crippen molar-refractivity contribution >= 4 is 130 Å². The SMILES string of the molecule is C1=Nc2c(ncc3ccccc23)C1.C1=Nc2cccnc2C1.C1=Nc2ccncc2C1.C1=Nc2cnccc2C1.C1=Nc2cncnc2C1.C1=Nc2cnncc2C1.C1=Nc2ncccc2C1.C1=Nc2nccnc2C1.C1=Nc2ncncc2C1.C1=Nc2nnncc2C1.CC.CC.CC.CC.CC.CC.CC.CC.CC.CC. The second-order valence-electron chi connectivity index (χ2n) is 20.5. The number of rotatable bonds is 0. The molecule has 0 radical (unpaired) electrons. The molecule has 0 saturated carbocycles. The summed E-state index contributed by atoms with van der Waals surface area (Å²) in [5, 5.41) is 20.6. The number of fused-ring (bicyclic) bond motifs is 12. The zero-order valence-corrected chi connectivity index (χ0v) is 70.5. The van der Waals surface area contributed by atoms with Crippen LogP contribution in [0.2, 0.25) is 0 Å². The molecule has 21 rings (SSSR count). The fraction of sp³-hybridized carbons (Fsp3) is 0.341. The number of pyridine rings is 5. The third-order valence-electron chi connectivity index (χ3n) is 14.4. The molecule has 0 fully saturated rings. The molecule has 11 aromatic rings. The Balaban J connectivity index is 0.000000420. The zero-order valence-electron chi connectivity index (χ0n) is 70.5. The van der Waals surface area contributed by atoms with Crippen molar-refractivity contribution in [2.24, 2.45) is 49.9 Å². The maximum Gasteiger partial charge on any atom is 0.181 e. The quantitative estimate of drug-likeness (QED) is 0.136. The number of nitrogens with zero attached hydrogens (tertiary/aromatic N) is 26. The Morgan fingerprint density at radius 2 is 0.675 bits per heavy atom. The van der Waals surface area contributed by atoms with Crippen LogP contribution in [0.15, 0.2) is 210 Å². The highest BCUT2D eigenvalue weighted by Crippen LogP contribution is 2.32. The van der Waals surface area contributed by atoms with E-state index in [9.17, 15) is 0 Å². The highest BCUT2D eigenvalue weighted by atomic mass is 15.3. The second kappa shape index (κ2) is 63.0. The van der Waals surface area contributed by atoms with E-state index in [0.717, 1.165) is 150 Å². The van der Waals surface area contributed by atoms with Crippen molar-refractivity contribution < 1.29 is 0 Å². The molecule has 0 atom stereocenters. The number of hydrogen-bond donors (Lipinski definition) is 0. The van der Waals surface area contributed by atoms with Crippen molar-refractivity contribution in [3.8, 4) is 0 Å². The van der Waals surface area contributed by atoms with Crippen LogP contribution in [0.4, 0.5) is 57.4 Å². The van der Waals surface area contributed by atoms with E-state index in [1.807, 2.05) is 249 Å². The average molecular weight is 1540 g/mol. The van der Waals surface area contributed by atoms with Gasteiger partial charge in [0.25, 0.3) is 0 Å². The van der Waals surface area contributed by atoms with Crippen LogP contribution in [0.5, 0.6) is 0 Å². The normalized spacial score (nSPS) is 11.9. The van der Waals surface area contributed by atoms with E-state index in [1.54, 1.807) is 86.9 Å². The van der Waals surface area contributed by atoms with Gasteiger partial charge in [-0.1, -0.05) is 169 Å². The van der Waals surface area contributed by atoms with E-state index in [4.69, 9.17) is 0 Å². The molecule has 10 aliphatic heterocycles. The van der Waals surface area contributed by atoms with Crippen LogP contribution >= 0.6 is 0 Å². The first-order chi connectivity index (χ1) is 56.6. The molecule has 26 nitrogen and oxygen atoms in total. The predicted octanol–water partition coefficient (Wildman–Crippen LogP) is 21.2. The van der Waals surface area contributed by atoms with Gasteiger partial charge in [0.1, 0.15) is 18.3 Å². The largest absolute Gasteiger partial charge is 0.264 e. The Hall–Kier alpha value is -12.7. The Morgan fingerprint density at radius 1 is 0.228 bits per heavy atom. The number of aromatic nitrogens is 16. The van der Waals surface area contributed by atoms with Crippen molar-refractivity contribution in [1.29, 1.82) is 0 Å². The number of aliphatic imine (C=N–C) groups is 10. The third-order valence-corrected chi connectivity index (χ3v) is 14.4. The van der Waals surface area contributed by atoms with Gasteiger partial charge in [-0.2, -0.15) is 10.2 Å². The molecule has 0 N–H and O–H groups in total. The summed E-state index contributed by atoms with van der Waals surface area (Å²) in [5.74, 6) is 3.20. The van der Waals surface area contributed by atoms with Gasteiger partial charge < -0.3 is 0 Å². The Kier molecular flexibility index (Phi) is 53.8. The summed E-state index contributed by atoms with van der Waals surface area (Å²) in [6, 6.07) is 20.0. The van der Waals surface area contributed by atoms with Crippen molar-refractivity contribution in [1.82, 2.24) is 80.4 Å². The smallest absolute Gasteiger partial charge is 0.181 e. The van der Waals surface area contributed by atoms with E-state index in [-0.39, 0.29) is 0 Å². The minimum Gasteiger partial charge on any atom is -0.264 e. The molecule has 1 aromatic carbocycles. The summed E-state index contributed by atoms with van der Waals surface area (Å²) in [7, 11) is 0. The number of benzene rings is 1. The van der Waals surface area contributed by atoms with E-state index < -0.39 is 0 Å². The summed E-state index contributed by atoms with van der Waals surface area (Å²) < 4.78 is 0. The maximum absolute atomic E-state index is 4.36. The fourth-order valence-electron chi connectivity index (χ4n) is 9.61. The molecule has 0 amide bonds. The van der Waals surface area contributed by atoms with Gasteiger partial charge in [0, 0.05) is 221 Å². The molecule has 0 saturated heterocycles. The standard InChI is InChI=1S/C11H8N2.4C7H6N2.4C6H5N3.C5H4N4.10C2H6/c1-2-4-9-8(3-1)7-13-10-5-6-12-11(9)10;1-4-9-7-2-3-8-5-6(1)7;1-3-8-5-7-6(1)2-4-9-7;1-2-6-7(8-4-1)3-5-9-6;1-2-6-3-5-9-7(6)8-4-1;1-2-8-6-3-7-4-9-5(1)6;1-2-8-6-5(1)3-7-4-9-6;1-2-7-6-4-9-8-3-5(1)6;1-2-8-6-5(1)7-3-4-9-6;1-2-6-5-4(1)3-7-9-8-5;10*1-2/h1-4,6-7H,5H2;2-5H,1H2;1,3-5H,2H2;2*1-2,4-5H,3H2;4*2-4H,1H2;2-3H,1H2;10*1-2H3. The maximum atomic E-state index is 4.36. The van der Waals surface area contributed by atoms with Gasteiger partial charge in [-0.3, -0.25) is 54.9 Å². The highest BCUT2D eigenvalue weighted by Gasteiger charge is 2.13. The average Bonchev–Trinajstić information content (AvgIpc) is 1.57. The van der Waals surface area contributed by atoms with Gasteiger partial charge in [0.2, 0.25) is 0 Å². The van der Waals surface area contributed by atoms with Gasteiger partial charge in [0.05, 0.1) is 82.2 Å². The topological polar surface area (TPSA) is 330 Å². The lowest BCUT2D eigenvalue weighted by atomic mass is 10.1. The van der Waals surface area contributed by atoms with Gasteiger partial charge in [0.15, 0.2) is 23.3 Å². The lowest BCUT2D eigenvalue weighted by molar-refractivity contribution is 0.857. The minimum atomic E-state index is 0.713. The molecular weight excluding hydrogens is 1420 g/mol. The van der Waals surface area contributed by atoms with Gasteiger partial charge >= 0.3 is 0 Å². The summed E-state index contributed by atoms with van der Waals surface area (Å²) in [4.78, 5) is 85.1. The molecule has 26 heteroatoms. The lowest BCUT2D eigenvalue weighted by Crippen LogP contribution is -1.87. The summed E-state index contributed by atoms with van der Waals surface area (Å²) in [5.41, 5.74) is 17.4. The molecule has 10 aliphatic rings. The fourth-order valence-corrected chi connectivity index (χ4v) is 9.61. The molecule has 0 spiro atoms. The molecule has 598 valence electrons. The summed E-state index contributed by atoms with van der Waals surface area (Å²) >= 11 is 0. The molecule has 114 heavy (non-hydrogen) atoms. The monoisotopic (exact) mass is 1540 g/mol. The first kappa shape index (κ1) is 97.3. The van der Waals surface area contributed by atoms with Crippen LogP contribution in [-0.4, -0.2) is 143 Å². The van der Waals surface area contributed by atoms with Crippen LogP contribution in [0, 0.1) is 0 Å². The first-order valence-corrected chi connectivity index (χ1v) is 39.8. The summed E-state index contributed by atoms with van der Waals surface area (Å²) in [6.45, 7) is 40.0. The van der Waals surface area contributed by atoms with Crippen LogP contribution in [0.25, 0.3) is 10.8 Å². The minimum absolute atomic E-state index is 0.713. The second-order valence-corrected chi connectivity index (χ2v) is 20.5. The molecular formula is C88H116N26. The van der Waals surface area contributed by atoms with Crippen LogP contribution < -0.4 is 0 Å². The van der Waals surface area contributed by atoms with Crippen LogP contribution in [-0.2, 0) is 64.2 Å². The highest BCUT2D eigenvalue weighted by molar-refractivity contribution is 5.97. The molecule has 0 bridgehead atoms. The third kappa shape index (κ3) is 33.1. The molecule has 10 aromatic heterocycles. The Bertz CT molecular complexity index is 3960. The first-order valence-electron chi connectivity index (χ1n) is 39.8. The van der Waals surface area contributed by atoms with Gasteiger partial charge in [-0.15, -0.1) is 10.2 Å². The lowest BCUT2D eigenvalue weighted by Gasteiger charge is -2.01. The van der Waals surface area contributed by atoms with E-state index in [2.05, 4.69) is 149 Å². The van der Waals surface area contributed by atoms with Gasteiger partial charge in [-0.25, -0.2) is 49.9 Å². The number of hydrogen-bond acceptors (Lipinski definition) is 26. The Labute approximate surface area is 676 Å². The van der Waals surface area contributed by atoms with Crippen LogP contribution in [0.1, 0.15) is 195 Å². The predicted molar refractivity (Wildman–Crippen MR) is 479 cm³/mol. The van der Waals surface area contributed by atoms with Gasteiger partial charge in [-0.05, 0) is 41.1 Å². The Morgan fingerprint density at radius 3 is 1.33 bits per heavy atom. The van der Waals surface area contributed by atoms with Crippen molar-refractivity contribution in [2.75, 3.05) is 0 Å². The van der Waals surface area contributed by atoms with Crippen molar-refractivity contribution in [3.05, 3.63) is 216 Å².